The van der Waals surface area contributed by atoms with Gasteiger partial charge in [0.1, 0.15) is 5.82 Å². The largest absolute Gasteiger partial charge is 0.397 e. The van der Waals surface area contributed by atoms with Gasteiger partial charge in [0, 0.05) is 23.0 Å². The Bertz CT molecular complexity index is 983. The fraction of sp³-hybridized carbons (Fsp3) is 0.0500. The van der Waals surface area contributed by atoms with Crippen LogP contribution in [0.25, 0.3) is 16.7 Å². The van der Waals surface area contributed by atoms with Crippen molar-refractivity contribution in [3.05, 3.63) is 78.6 Å². The third-order valence-corrected chi connectivity index (χ3v) is 4.08. The molecule has 4 heteroatoms. The van der Waals surface area contributed by atoms with Crippen molar-refractivity contribution < 1.29 is 0 Å². The Balaban J connectivity index is 1.76. The number of pyridine rings is 1. The van der Waals surface area contributed by atoms with Gasteiger partial charge in [-0.25, -0.2) is 4.98 Å². The standard InChI is InChI=1S/C20H18N4/c1-14-5-8-16(9-6-14)23-18-3-2-4-19-17(18)11-12-24(19)20-10-7-15(21)13-22-20/h2-13,23H,21H2,1H3. The summed E-state index contributed by atoms with van der Waals surface area (Å²) >= 11 is 0. The van der Waals surface area contributed by atoms with Gasteiger partial charge in [0.05, 0.1) is 17.4 Å². The molecule has 0 unspecified atom stereocenters. The molecule has 0 radical (unpaired) electrons. The van der Waals surface area contributed by atoms with Crippen LogP contribution in [0.1, 0.15) is 5.56 Å². The van der Waals surface area contributed by atoms with Crippen LogP contribution < -0.4 is 11.1 Å². The first-order valence-corrected chi connectivity index (χ1v) is 7.86. The Morgan fingerprint density at radius 3 is 2.54 bits per heavy atom. The Labute approximate surface area is 140 Å². The SMILES string of the molecule is Cc1ccc(Nc2cccc3c2ccn3-c2ccc(N)cn2)cc1. The van der Waals surface area contributed by atoms with E-state index in [1.54, 1.807) is 6.20 Å². The number of hydrogen-bond acceptors (Lipinski definition) is 3. The zero-order chi connectivity index (χ0) is 16.5. The topological polar surface area (TPSA) is 55.9 Å². The second-order valence-electron chi connectivity index (χ2n) is 5.86. The number of nitrogens with two attached hydrogens (primary N) is 1. The lowest BCUT2D eigenvalue weighted by Gasteiger charge is -2.10. The van der Waals surface area contributed by atoms with Crippen LogP contribution in [-0.4, -0.2) is 9.55 Å². The number of fused-ring (bicyclic) bond motifs is 1. The molecule has 0 bridgehead atoms. The monoisotopic (exact) mass is 314 g/mol. The molecule has 4 nitrogen and oxygen atoms in total. The molecule has 2 aromatic carbocycles. The minimum Gasteiger partial charge on any atom is -0.397 e. The Kier molecular flexibility index (Phi) is 3.43. The summed E-state index contributed by atoms with van der Waals surface area (Å²) in [6, 6.07) is 20.5. The van der Waals surface area contributed by atoms with Crippen LogP contribution >= 0.6 is 0 Å². The summed E-state index contributed by atoms with van der Waals surface area (Å²) in [4.78, 5) is 4.41. The number of benzene rings is 2. The summed E-state index contributed by atoms with van der Waals surface area (Å²) in [5.74, 6) is 0.853. The summed E-state index contributed by atoms with van der Waals surface area (Å²) in [5, 5.41) is 4.64. The van der Waals surface area contributed by atoms with Crippen LogP contribution in [0.2, 0.25) is 0 Å². The van der Waals surface area contributed by atoms with E-state index in [4.69, 9.17) is 5.73 Å². The predicted octanol–water partition coefficient (Wildman–Crippen LogP) is 4.66. The molecule has 0 aliphatic rings. The normalized spacial score (nSPS) is 10.9. The second kappa shape index (κ2) is 5.74. The van der Waals surface area contributed by atoms with Crippen LogP contribution in [0.3, 0.4) is 0 Å². The second-order valence-corrected chi connectivity index (χ2v) is 5.86. The highest BCUT2D eigenvalue weighted by Crippen LogP contribution is 2.29. The maximum atomic E-state index is 5.73. The van der Waals surface area contributed by atoms with E-state index in [0.717, 1.165) is 28.1 Å². The molecule has 2 heterocycles. The lowest BCUT2D eigenvalue weighted by atomic mass is 10.2. The van der Waals surface area contributed by atoms with Crippen molar-refractivity contribution in [3.8, 4) is 5.82 Å². The molecule has 0 atom stereocenters. The molecule has 0 saturated carbocycles. The molecular formula is C20H18N4. The summed E-state index contributed by atoms with van der Waals surface area (Å²) < 4.78 is 2.06. The van der Waals surface area contributed by atoms with E-state index in [0.29, 0.717) is 5.69 Å². The van der Waals surface area contributed by atoms with Crippen molar-refractivity contribution in [1.82, 2.24) is 9.55 Å². The van der Waals surface area contributed by atoms with Gasteiger partial charge in [-0.2, -0.15) is 0 Å². The van der Waals surface area contributed by atoms with E-state index < -0.39 is 0 Å². The summed E-state index contributed by atoms with van der Waals surface area (Å²) in [6.07, 6.45) is 3.71. The van der Waals surface area contributed by atoms with Crippen molar-refractivity contribution in [2.24, 2.45) is 0 Å². The highest BCUT2D eigenvalue weighted by Gasteiger charge is 2.08. The molecule has 0 saturated heterocycles. The number of nitrogen functional groups attached to an aromatic ring is 1. The van der Waals surface area contributed by atoms with Crippen molar-refractivity contribution in [3.63, 3.8) is 0 Å². The van der Waals surface area contributed by atoms with Gasteiger partial charge in [0.2, 0.25) is 0 Å². The number of anilines is 3. The van der Waals surface area contributed by atoms with Crippen LogP contribution in [-0.2, 0) is 0 Å². The van der Waals surface area contributed by atoms with Crippen molar-refractivity contribution in [2.75, 3.05) is 11.1 Å². The average molecular weight is 314 g/mol. The van der Waals surface area contributed by atoms with Gasteiger partial charge in [-0.15, -0.1) is 0 Å². The first kappa shape index (κ1) is 14.3. The molecule has 2 aromatic heterocycles. The molecule has 0 fully saturated rings. The molecule has 0 aliphatic heterocycles. The van der Waals surface area contributed by atoms with Crippen LogP contribution in [0.4, 0.5) is 17.1 Å². The number of aromatic nitrogens is 2. The Morgan fingerprint density at radius 2 is 1.79 bits per heavy atom. The molecule has 4 aromatic rings. The van der Waals surface area contributed by atoms with E-state index in [-0.39, 0.29) is 0 Å². The van der Waals surface area contributed by atoms with E-state index >= 15 is 0 Å². The van der Waals surface area contributed by atoms with Gasteiger partial charge in [0.15, 0.2) is 0 Å². The van der Waals surface area contributed by atoms with E-state index in [2.05, 4.69) is 64.3 Å². The molecule has 4 rings (SSSR count). The van der Waals surface area contributed by atoms with Crippen LogP contribution in [0.5, 0.6) is 0 Å². The van der Waals surface area contributed by atoms with Crippen molar-refractivity contribution in [1.29, 1.82) is 0 Å². The Morgan fingerprint density at radius 1 is 0.958 bits per heavy atom. The number of nitrogens with zero attached hydrogens (tertiary/aromatic N) is 2. The molecule has 3 N–H and O–H groups in total. The van der Waals surface area contributed by atoms with Crippen molar-refractivity contribution >= 4 is 28.0 Å². The number of nitrogens with one attached hydrogen (secondary N) is 1. The molecular weight excluding hydrogens is 296 g/mol. The van der Waals surface area contributed by atoms with Crippen molar-refractivity contribution in [2.45, 2.75) is 6.92 Å². The number of hydrogen-bond donors (Lipinski definition) is 2. The van der Waals surface area contributed by atoms with Gasteiger partial charge in [-0.3, -0.25) is 0 Å². The zero-order valence-electron chi connectivity index (χ0n) is 13.4. The molecule has 0 amide bonds. The predicted molar refractivity (Wildman–Crippen MR) is 99.9 cm³/mol. The lowest BCUT2D eigenvalue weighted by molar-refractivity contribution is 1.05. The quantitative estimate of drug-likeness (QED) is 0.578. The minimum atomic E-state index is 0.664. The minimum absolute atomic E-state index is 0.664. The van der Waals surface area contributed by atoms with Crippen LogP contribution in [0.15, 0.2) is 73.1 Å². The highest BCUT2D eigenvalue weighted by molar-refractivity contribution is 5.95. The van der Waals surface area contributed by atoms with E-state index in [1.165, 1.54) is 5.56 Å². The molecule has 118 valence electrons. The average Bonchev–Trinajstić information content (AvgIpc) is 3.03. The lowest BCUT2D eigenvalue weighted by Crippen LogP contribution is -1.97. The molecule has 0 spiro atoms. The summed E-state index contributed by atoms with van der Waals surface area (Å²) in [7, 11) is 0. The molecule has 24 heavy (non-hydrogen) atoms. The first-order valence-electron chi connectivity index (χ1n) is 7.86. The van der Waals surface area contributed by atoms with Gasteiger partial charge >= 0.3 is 0 Å². The summed E-state index contributed by atoms with van der Waals surface area (Å²) in [5.41, 5.74) is 10.9. The smallest absolute Gasteiger partial charge is 0.137 e. The van der Waals surface area contributed by atoms with Gasteiger partial charge < -0.3 is 15.6 Å². The summed E-state index contributed by atoms with van der Waals surface area (Å²) in [6.45, 7) is 2.09. The molecule has 0 aliphatic carbocycles. The van der Waals surface area contributed by atoms with E-state index in [1.807, 2.05) is 24.4 Å². The number of rotatable bonds is 3. The third-order valence-electron chi connectivity index (χ3n) is 4.08. The first-order chi connectivity index (χ1) is 11.7. The van der Waals surface area contributed by atoms with Crippen LogP contribution in [0, 0.1) is 6.92 Å². The fourth-order valence-corrected chi connectivity index (χ4v) is 2.81. The number of aryl methyl sites for hydroxylation is 1. The third kappa shape index (κ3) is 2.58. The highest BCUT2D eigenvalue weighted by atomic mass is 15.1. The van der Waals surface area contributed by atoms with E-state index in [9.17, 15) is 0 Å². The maximum absolute atomic E-state index is 5.73. The fourth-order valence-electron chi connectivity index (χ4n) is 2.81. The Hall–Kier alpha value is -3.27. The maximum Gasteiger partial charge on any atom is 0.137 e. The van der Waals surface area contributed by atoms with Gasteiger partial charge in [-0.05, 0) is 49.4 Å². The zero-order valence-corrected chi connectivity index (χ0v) is 13.4. The van der Waals surface area contributed by atoms with Gasteiger partial charge in [-0.1, -0.05) is 23.8 Å². The van der Waals surface area contributed by atoms with Gasteiger partial charge in [0.25, 0.3) is 0 Å².